The van der Waals surface area contributed by atoms with Crippen molar-refractivity contribution in [2.24, 2.45) is 0 Å². The third-order valence-electron chi connectivity index (χ3n) is 3.39. The lowest BCUT2D eigenvalue weighted by molar-refractivity contribution is -0.124. The second-order valence-corrected chi connectivity index (χ2v) is 4.63. The first-order valence-corrected chi connectivity index (χ1v) is 6.52. The molecule has 1 fully saturated rings. The van der Waals surface area contributed by atoms with E-state index in [0.29, 0.717) is 6.54 Å². The van der Waals surface area contributed by atoms with Crippen molar-refractivity contribution in [3.63, 3.8) is 0 Å². The maximum absolute atomic E-state index is 12.0. The van der Waals surface area contributed by atoms with Gasteiger partial charge in [-0.3, -0.25) is 4.79 Å². The summed E-state index contributed by atoms with van der Waals surface area (Å²) in [7, 11) is 0. The van der Waals surface area contributed by atoms with E-state index >= 15 is 0 Å². The summed E-state index contributed by atoms with van der Waals surface area (Å²) in [5, 5.41) is 6.19. The van der Waals surface area contributed by atoms with Gasteiger partial charge in [0.15, 0.2) is 0 Å². The summed E-state index contributed by atoms with van der Waals surface area (Å²) < 4.78 is 0. The second kappa shape index (κ2) is 5.24. The van der Waals surface area contributed by atoms with E-state index in [4.69, 9.17) is 0 Å². The first kappa shape index (κ1) is 11.9. The van der Waals surface area contributed by atoms with Gasteiger partial charge in [-0.15, -0.1) is 0 Å². The Morgan fingerprint density at radius 3 is 2.42 bits per heavy atom. The van der Waals surface area contributed by atoms with E-state index < -0.39 is 0 Å². The minimum Gasteiger partial charge on any atom is -0.353 e. The number of nitrogens with one attached hydrogen (secondary N) is 2. The standard InChI is InChI=1S/C16H16N2O/c19-16-15(17-10-11-18-16)14-9-5-4-8-13(14)12-6-2-1-3-7-12/h1-9,15,17H,10-11H2,(H,18,19). The molecule has 0 aromatic heterocycles. The molecule has 1 aliphatic rings. The van der Waals surface area contributed by atoms with Crippen LogP contribution in [-0.4, -0.2) is 19.0 Å². The largest absolute Gasteiger partial charge is 0.353 e. The minimum absolute atomic E-state index is 0.0506. The molecule has 0 aliphatic carbocycles. The first-order valence-electron chi connectivity index (χ1n) is 6.52. The van der Waals surface area contributed by atoms with Crippen LogP contribution in [0.15, 0.2) is 54.6 Å². The zero-order chi connectivity index (χ0) is 13.1. The van der Waals surface area contributed by atoms with Crippen molar-refractivity contribution in [2.75, 3.05) is 13.1 Å². The van der Waals surface area contributed by atoms with Gasteiger partial charge in [0.1, 0.15) is 6.04 Å². The van der Waals surface area contributed by atoms with Crippen molar-refractivity contribution in [2.45, 2.75) is 6.04 Å². The predicted molar refractivity (Wildman–Crippen MR) is 75.6 cm³/mol. The fourth-order valence-corrected chi connectivity index (χ4v) is 2.48. The molecule has 0 radical (unpaired) electrons. The van der Waals surface area contributed by atoms with Crippen molar-refractivity contribution in [1.82, 2.24) is 10.6 Å². The highest BCUT2D eigenvalue weighted by atomic mass is 16.2. The topological polar surface area (TPSA) is 41.1 Å². The van der Waals surface area contributed by atoms with Crippen LogP contribution >= 0.6 is 0 Å². The summed E-state index contributed by atoms with van der Waals surface area (Å²) in [6.07, 6.45) is 0. The van der Waals surface area contributed by atoms with Gasteiger partial charge in [-0.1, -0.05) is 54.6 Å². The fraction of sp³-hybridized carbons (Fsp3) is 0.188. The molecule has 0 spiro atoms. The number of amides is 1. The molecule has 19 heavy (non-hydrogen) atoms. The third kappa shape index (κ3) is 2.37. The van der Waals surface area contributed by atoms with Gasteiger partial charge in [0.2, 0.25) is 5.91 Å². The number of benzene rings is 2. The molecule has 1 heterocycles. The first-order chi connectivity index (χ1) is 9.36. The number of hydrogen-bond donors (Lipinski definition) is 2. The Morgan fingerprint density at radius 1 is 0.895 bits per heavy atom. The van der Waals surface area contributed by atoms with Crippen LogP contribution in [0.4, 0.5) is 0 Å². The molecule has 2 N–H and O–H groups in total. The normalized spacial score (nSPS) is 18.9. The third-order valence-corrected chi connectivity index (χ3v) is 3.39. The molecule has 1 aliphatic heterocycles. The van der Waals surface area contributed by atoms with Crippen molar-refractivity contribution in [3.8, 4) is 11.1 Å². The molecule has 3 rings (SSSR count). The van der Waals surface area contributed by atoms with Gasteiger partial charge in [-0.05, 0) is 16.7 Å². The summed E-state index contributed by atoms with van der Waals surface area (Å²) in [5.41, 5.74) is 3.28. The van der Waals surface area contributed by atoms with Gasteiger partial charge in [0.25, 0.3) is 0 Å². The highest BCUT2D eigenvalue weighted by molar-refractivity contribution is 5.86. The molecule has 2 aromatic rings. The average Bonchev–Trinajstić information content (AvgIpc) is 2.49. The van der Waals surface area contributed by atoms with Crippen LogP contribution in [0, 0.1) is 0 Å². The Labute approximate surface area is 112 Å². The molecule has 0 saturated carbocycles. The molecule has 1 unspecified atom stereocenters. The fourth-order valence-electron chi connectivity index (χ4n) is 2.48. The Kier molecular flexibility index (Phi) is 3.29. The summed E-state index contributed by atoms with van der Waals surface area (Å²) in [5.74, 6) is 0.0506. The van der Waals surface area contributed by atoms with Crippen LogP contribution in [0.25, 0.3) is 11.1 Å². The smallest absolute Gasteiger partial charge is 0.241 e. The average molecular weight is 252 g/mol. The van der Waals surface area contributed by atoms with Crippen LogP contribution in [0.3, 0.4) is 0 Å². The van der Waals surface area contributed by atoms with Gasteiger partial charge < -0.3 is 10.6 Å². The zero-order valence-electron chi connectivity index (χ0n) is 10.6. The van der Waals surface area contributed by atoms with Gasteiger partial charge in [-0.2, -0.15) is 0 Å². The van der Waals surface area contributed by atoms with Gasteiger partial charge in [0, 0.05) is 13.1 Å². The number of piperazine rings is 1. The minimum atomic E-state index is -0.259. The molecule has 1 atom stereocenters. The Morgan fingerprint density at radius 2 is 1.63 bits per heavy atom. The van der Waals surface area contributed by atoms with Crippen LogP contribution < -0.4 is 10.6 Å². The quantitative estimate of drug-likeness (QED) is 0.859. The van der Waals surface area contributed by atoms with Gasteiger partial charge >= 0.3 is 0 Å². The summed E-state index contributed by atoms with van der Waals surface area (Å²) in [4.78, 5) is 12.0. The maximum atomic E-state index is 12.0. The van der Waals surface area contributed by atoms with Crippen LogP contribution in [0.1, 0.15) is 11.6 Å². The lowest BCUT2D eigenvalue weighted by Gasteiger charge is -2.25. The van der Waals surface area contributed by atoms with Gasteiger partial charge in [-0.25, -0.2) is 0 Å². The van der Waals surface area contributed by atoms with E-state index in [1.54, 1.807) is 0 Å². The molecule has 0 bridgehead atoms. The summed E-state index contributed by atoms with van der Waals surface area (Å²) in [6, 6.07) is 18.0. The maximum Gasteiger partial charge on any atom is 0.241 e. The lowest BCUT2D eigenvalue weighted by atomic mass is 9.94. The lowest BCUT2D eigenvalue weighted by Crippen LogP contribution is -2.47. The zero-order valence-corrected chi connectivity index (χ0v) is 10.6. The monoisotopic (exact) mass is 252 g/mol. The summed E-state index contributed by atoms with van der Waals surface area (Å²) in [6.45, 7) is 1.50. The molecule has 96 valence electrons. The van der Waals surface area contributed by atoms with Gasteiger partial charge in [0.05, 0.1) is 0 Å². The number of carbonyl (C=O) groups is 1. The van der Waals surface area contributed by atoms with Crippen molar-refractivity contribution >= 4 is 5.91 Å². The molecule has 2 aromatic carbocycles. The highest BCUT2D eigenvalue weighted by Crippen LogP contribution is 2.28. The molecule has 1 amide bonds. The molecular weight excluding hydrogens is 236 g/mol. The predicted octanol–water partition coefficient (Wildman–Crippen LogP) is 2.11. The van der Waals surface area contributed by atoms with E-state index in [1.807, 2.05) is 36.4 Å². The van der Waals surface area contributed by atoms with E-state index in [0.717, 1.165) is 23.2 Å². The second-order valence-electron chi connectivity index (χ2n) is 4.63. The molecule has 1 saturated heterocycles. The molecule has 3 heteroatoms. The molecular formula is C16H16N2O. The number of hydrogen-bond acceptors (Lipinski definition) is 2. The van der Waals surface area contributed by atoms with Crippen molar-refractivity contribution in [1.29, 1.82) is 0 Å². The number of carbonyl (C=O) groups excluding carboxylic acids is 1. The number of rotatable bonds is 2. The van der Waals surface area contributed by atoms with E-state index in [2.05, 4.69) is 28.8 Å². The highest BCUT2D eigenvalue weighted by Gasteiger charge is 2.25. The van der Waals surface area contributed by atoms with E-state index in [-0.39, 0.29) is 11.9 Å². The van der Waals surface area contributed by atoms with Crippen LogP contribution in [0.5, 0.6) is 0 Å². The Bertz CT molecular complexity index is 580. The SMILES string of the molecule is O=C1NCCNC1c1ccccc1-c1ccccc1. The van der Waals surface area contributed by atoms with Crippen molar-refractivity contribution < 1.29 is 4.79 Å². The summed E-state index contributed by atoms with van der Waals surface area (Å²) >= 11 is 0. The van der Waals surface area contributed by atoms with Crippen molar-refractivity contribution in [3.05, 3.63) is 60.2 Å². The Hall–Kier alpha value is -2.13. The Balaban J connectivity index is 2.04. The van der Waals surface area contributed by atoms with E-state index in [9.17, 15) is 4.79 Å². The van der Waals surface area contributed by atoms with Crippen LogP contribution in [0.2, 0.25) is 0 Å². The molecule has 3 nitrogen and oxygen atoms in total. The van der Waals surface area contributed by atoms with Crippen LogP contribution in [-0.2, 0) is 4.79 Å². The van der Waals surface area contributed by atoms with E-state index in [1.165, 1.54) is 0 Å².